The molecule has 0 aliphatic heterocycles. The molecule has 0 unspecified atom stereocenters. The fourth-order valence-electron chi connectivity index (χ4n) is 2.38. The summed E-state index contributed by atoms with van der Waals surface area (Å²) in [6.07, 6.45) is -1.04. The largest absolute Gasteiger partial charge is 0.433 e. The zero-order chi connectivity index (χ0) is 15.5. The van der Waals surface area contributed by atoms with Crippen LogP contribution in [0.4, 0.5) is 13.2 Å². The van der Waals surface area contributed by atoms with Gasteiger partial charge in [0.15, 0.2) is 11.3 Å². The first-order valence-electron chi connectivity index (χ1n) is 7.20. The quantitative estimate of drug-likeness (QED) is 0.947. The molecule has 2 aromatic rings. The summed E-state index contributed by atoms with van der Waals surface area (Å²) in [6.45, 7) is 0. The highest BCUT2D eigenvalue weighted by molar-refractivity contribution is 5.93. The molecule has 2 aliphatic carbocycles. The maximum Gasteiger partial charge on any atom is 0.433 e. The molecule has 0 radical (unpaired) electrons. The van der Waals surface area contributed by atoms with E-state index in [2.05, 4.69) is 15.4 Å². The van der Waals surface area contributed by atoms with Crippen LogP contribution in [0.1, 0.15) is 53.5 Å². The first-order chi connectivity index (χ1) is 10.4. The first kappa shape index (κ1) is 13.5. The van der Waals surface area contributed by atoms with Gasteiger partial charge in [0.1, 0.15) is 5.69 Å². The van der Waals surface area contributed by atoms with Crippen LogP contribution in [0.25, 0.3) is 5.65 Å². The lowest BCUT2D eigenvalue weighted by Gasteiger charge is -2.10. The lowest BCUT2D eigenvalue weighted by Crippen LogP contribution is -2.25. The zero-order valence-electron chi connectivity index (χ0n) is 11.5. The van der Waals surface area contributed by atoms with Crippen molar-refractivity contribution in [3.05, 3.63) is 29.2 Å². The lowest BCUT2D eigenvalue weighted by molar-refractivity contribution is -0.142. The standard InChI is InChI=1S/C14H13F3N4O/c15-14(16,17)11-5-9(7-1-2-7)19-12-6-10(20-21(11)12)13(22)18-8-3-4-8/h5-8H,1-4H2,(H,18,22). The van der Waals surface area contributed by atoms with Crippen molar-refractivity contribution in [2.45, 2.75) is 43.8 Å². The van der Waals surface area contributed by atoms with Gasteiger partial charge in [0.05, 0.1) is 0 Å². The summed E-state index contributed by atoms with van der Waals surface area (Å²) in [6, 6.07) is 2.48. The minimum absolute atomic E-state index is 0.0298. The van der Waals surface area contributed by atoms with Crippen molar-refractivity contribution in [2.75, 3.05) is 0 Å². The summed E-state index contributed by atoms with van der Waals surface area (Å²) in [7, 11) is 0. The van der Waals surface area contributed by atoms with E-state index in [0.717, 1.165) is 31.7 Å². The minimum Gasteiger partial charge on any atom is -0.348 e. The van der Waals surface area contributed by atoms with Gasteiger partial charge in [-0.15, -0.1) is 0 Å². The highest BCUT2D eigenvalue weighted by Crippen LogP contribution is 2.41. The molecule has 116 valence electrons. The molecular weight excluding hydrogens is 297 g/mol. The number of nitrogens with one attached hydrogen (secondary N) is 1. The van der Waals surface area contributed by atoms with Gasteiger partial charge in [-0.3, -0.25) is 4.79 Å². The van der Waals surface area contributed by atoms with Crippen LogP contribution in [0.5, 0.6) is 0 Å². The molecule has 8 heteroatoms. The van der Waals surface area contributed by atoms with Crippen LogP contribution in [0.2, 0.25) is 0 Å². The number of hydrogen-bond donors (Lipinski definition) is 1. The minimum atomic E-state index is -4.54. The molecule has 0 aromatic carbocycles. The first-order valence-corrected chi connectivity index (χ1v) is 7.20. The highest BCUT2D eigenvalue weighted by atomic mass is 19.4. The normalized spacial score (nSPS) is 18.7. The zero-order valence-corrected chi connectivity index (χ0v) is 11.5. The average molecular weight is 310 g/mol. The number of nitrogens with zero attached hydrogens (tertiary/aromatic N) is 3. The molecule has 22 heavy (non-hydrogen) atoms. The third-order valence-corrected chi connectivity index (χ3v) is 3.88. The molecule has 4 rings (SSSR count). The molecule has 0 atom stereocenters. The van der Waals surface area contributed by atoms with E-state index in [1.54, 1.807) is 0 Å². The SMILES string of the molecule is O=C(NC1CC1)c1cc2nc(C3CC3)cc(C(F)(F)F)n2n1. The Morgan fingerprint density at radius 1 is 1.23 bits per heavy atom. The van der Waals surface area contributed by atoms with E-state index >= 15 is 0 Å². The van der Waals surface area contributed by atoms with Crippen molar-refractivity contribution < 1.29 is 18.0 Å². The second-order valence-corrected chi connectivity index (χ2v) is 5.89. The predicted molar refractivity (Wildman–Crippen MR) is 70.5 cm³/mol. The monoisotopic (exact) mass is 310 g/mol. The third kappa shape index (κ3) is 2.42. The number of rotatable bonds is 3. The highest BCUT2D eigenvalue weighted by Gasteiger charge is 2.37. The van der Waals surface area contributed by atoms with E-state index in [1.807, 2.05) is 0 Å². The van der Waals surface area contributed by atoms with Gasteiger partial charge >= 0.3 is 6.18 Å². The van der Waals surface area contributed by atoms with Crippen molar-refractivity contribution in [1.29, 1.82) is 0 Å². The van der Waals surface area contributed by atoms with Crippen LogP contribution in [0, 0.1) is 0 Å². The van der Waals surface area contributed by atoms with Crippen LogP contribution in [0.15, 0.2) is 12.1 Å². The Kier molecular flexibility index (Phi) is 2.73. The number of fused-ring (bicyclic) bond motifs is 1. The van der Waals surface area contributed by atoms with E-state index in [-0.39, 0.29) is 23.3 Å². The van der Waals surface area contributed by atoms with Gasteiger partial charge < -0.3 is 5.32 Å². The number of hydrogen-bond acceptors (Lipinski definition) is 3. The van der Waals surface area contributed by atoms with Gasteiger partial charge in [-0.25, -0.2) is 9.50 Å². The Balaban J connectivity index is 1.80. The maximum atomic E-state index is 13.2. The number of aromatic nitrogens is 3. The van der Waals surface area contributed by atoms with Crippen LogP contribution in [0.3, 0.4) is 0 Å². The van der Waals surface area contributed by atoms with Crippen molar-refractivity contribution in [2.24, 2.45) is 0 Å². The molecular formula is C14H13F3N4O. The molecule has 2 heterocycles. The van der Waals surface area contributed by atoms with Crippen LogP contribution in [-0.4, -0.2) is 26.5 Å². The predicted octanol–water partition coefficient (Wildman–Crippen LogP) is 2.52. The lowest BCUT2D eigenvalue weighted by atomic mass is 10.2. The van der Waals surface area contributed by atoms with Gasteiger partial charge in [0.2, 0.25) is 0 Å². The van der Waals surface area contributed by atoms with Crippen molar-refractivity contribution in [3.63, 3.8) is 0 Å². The Hall–Kier alpha value is -2.12. The number of carbonyl (C=O) groups is 1. The molecule has 1 N–H and O–H groups in total. The van der Waals surface area contributed by atoms with Gasteiger partial charge in [0, 0.05) is 23.7 Å². The van der Waals surface area contributed by atoms with Crippen LogP contribution < -0.4 is 5.32 Å². The molecule has 5 nitrogen and oxygen atoms in total. The molecule has 2 aromatic heterocycles. The number of carbonyl (C=O) groups excluding carboxylic acids is 1. The van der Waals surface area contributed by atoms with Crippen molar-refractivity contribution >= 4 is 11.6 Å². The summed E-state index contributed by atoms with van der Waals surface area (Å²) in [5.41, 5.74) is -0.422. The summed E-state index contributed by atoms with van der Waals surface area (Å²) in [5, 5.41) is 6.52. The van der Waals surface area contributed by atoms with Crippen LogP contribution >= 0.6 is 0 Å². The second-order valence-electron chi connectivity index (χ2n) is 5.89. The van der Waals surface area contributed by atoms with Gasteiger partial charge in [-0.2, -0.15) is 18.3 Å². The molecule has 0 saturated heterocycles. The van der Waals surface area contributed by atoms with Gasteiger partial charge in [0.25, 0.3) is 5.91 Å². The van der Waals surface area contributed by atoms with Crippen molar-refractivity contribution in [1.82, 2.24) is 19.9 Å². The Morgan fingerprint density at radius 2 is 1.95 bits per heavy atom. The Bertz CT molecular complexity index is 759. The molecule has 0 bridgehead atoms. The topological polar surface area (TPSA) is 59.3 Å². The second kappa shape index (κ2) is 4.44. The number of amides is 1. The van der Waals surface area contributed by atoms with E-state index in [1.165, 1.54) is 6.07 Å². The summed E-state index contributed by atoms with van der Waals surface area (Å²) >= 11 is 0. The molecule has 2 fully saturated rings. The fraction of sp³-hybridized carbons (Fsp3) is 0.500. The van der Waals surface area contributed by atoms with Crippen LogP contribution in [-0.2, 0) is 6.18 Å². The molecule has 2 aliphatic rings. The molecule has 1 amide bonds. The molecule has 2 saturated carbocycles. The maximum absolute atomic E-state index is 13.2. The van der Waals surface area contributed by atoms with Gasteiger partial charge in [-0.1, -0.05) is 0 Å². The third-order valence-electron chi connectivity index (χ3n) is 3.88. The van der Waals surface area contributed by atoms with E-state index in [9.17, 15) is 18.0 Å². The van der Waals surface area contributed by atoms with E-state index in [4.69, 9.17) is 0 Å². The van der Waals surface area contributed by atoms with Gasteiger partial charge in [-0.05, 0) is 31.7 Å². The molecule has 0 spiro atoms. The summed E-state index contributed by atoms with van der Waals surface area (Å²) in [5.74, 6) is -0.362. The summed E-state index contributed by atoms with van der Waals surface area (Å²) < 4.78 is 40.4. The number of alkyl halides is 3. The van der Waals surface area contributed by atoms with Crippen molar-refractivity contribution in [3.8, 4) is 0 Å². The Labute approximate surface area is 123 Å². The Morgan fingerprint density at radius 3 is 2.55 bits per heavy atom. The summed E-state index contributed by atoms with van der Waals surface area (Å²) in [4.78, 5) is 16.2. The van der Waals surface area contributed by atoms with E-state index in [0.29, 0.717) is 10.2 Å². The smallest absolute Gasteiger partial charge is 0.348 e. The number of halogens is 3. The fourth-order valence-corrected chi connectivity index (χ4v) is 2.38. The average Bonchev–Trinajstić information content (AvgIpc) is 3.35. The van der Waals surface area contributed by atoms with E-state index < -0.39 is 17.8 Å².